The highest BCUT2D eigenvalue weighted by molar-refractivity contribution is 5.80. The average molecular weight is 798 g/mol. The van der Waals surface area contributed by atoms with Crippen molar-refractivity contribution in [2.75, 3.05) is 19.7 Å². The van der Waals surface area contributed by atoms with Crippen LogP contribution in [-0.2, 0) is 14.3 Å². The van der Waals surface area contributed by atoms with Gasteiger partial charge in [0.25, 0.3) is 0 Å². The molecule has 3 atom stereocenters. The topological polar surface area (TPSA) is 65.1 Å². The van der Waals surface area contributed by atoms with E-state index >= 15 is 0 Å². The Labute approximate surface area is 352 Å². The molecule has 7 rings (SSSR count). The molecule has 0 N–H and O–H groups in total. The van der Waals surface area contributed by atoms with E-state index in [0.717, 1.165) is 74.9 Å². The molecule has 0 amide bonds. The summed E-state index contributed by atoms with van der Waals surface area (Å²) in [5.74, 6) is 5.26. The predicted octanol–water partition coefficient (Wildman–Crippen LogP) is 12.9. The van der Waals surface area contributed by atoms with Crippen molar-refractivity contribution in [3.63, 3.8) is 0 Å². The van der Waals surface area contributed by atoms with E-state index in [1.54, 1.807) is 0 Å². The lowest BCUT2D eigenvalue weighted by atomic mass is 9.72. The van der Waals surface area contributed by atoms with E-state index in [1.807, 2.05) is 6.92 Å². The molecule has 4 saturated carbocycles. The van der Waals surface area contributed by atoms with Crippen LogP contribution >= 0.6 is 0 Å². The zero-order valence-electron chi connectivity index (χ0n) is 37.6. The van der Waals surface area contributed by atoms with Crippen molar-refractivity contribution in [1.82, 2.24) is 4.90 Å². The number of carbonyl (C=O) groups is 2. The number of esters is 1. The highest BCUT2D eigenvalue weighted by Gasteiger charge is 2.34. The minimum Gasteiger partial charge on any atom is -0.490 e. The average Bonchev–Trinajstić information content (AvgIpc) is 3.22. The Morgan fingerprint density at radius 3 is 1.57 bits per heavy atom. The van der Waals surface area contributed by atoms with Crippen molar-refractivity contribution >= 4 is 11.8 Å². The van der Waals surface area contributed by atoms with Gasteiger partial charge in [0.05, 0.1) is 24.7 Å². The molecule has 6 nitrogen and oxygen atoms in total. The molecule has 0 radical (unpaired) electrons. The molecule has 2 aromatic carbocycles. The van der Waals surface area contributed by atoms with E-state index in [4.69, 9.17) is 14.2 Å². The zero-order valence-corrected chi connectivity index (χ0v) is 37.6. The summed E-state index contributed by atoms with van der Waals surface area (Å²) >= 11 is 0. The Kier molecular flexibility index (Phi) is 15.9. The smallest absolute Gasteiger partial charge is 0.309 e. The van der Waals surface area contributed by atoms with Crippen LogP contribution in [0.1, 0.15) is 187 Å². The highest BCUT2D eigenvalue weighted by atomic mass is 16.5. The van der Waals surface area contributed by atoms with Gasteiger partial charge >= 0.3 is 5.97 Å². The molecule has 0 aromatic heterocycles. The molecule has 322 valence electrons. The van der Waals surface area contributed by atoms with E-state index in [2.05, 4.69) is 95.0 Å². The summed E-state index contributed by atoms with van der Waals surface area (Å²) in [4.78, 5) is 26.4. The third kappa shape index (κ3) is 12.8. The van der Waals surface area contributed by atoms with Gasteiger partial charge in [0.1, 0.15) is 17.3 Å². The van der Waals surface area contributed by atoms with Crippen LogP contribution in [-0.4, -0.2) is 54.6 Å². The summed E-state index contributed by atoms with van der Waals surface area (Å²) < 4.78 is 17.8. The van der Waals surface area contributed by atoms with Crippen LogP contribution in [0.25, 0.3) is 0 Å². The van der Waals surface area contributed by atoms with E-state index in [0.29, 0.717) is 53.3 Å². The van der Waals surface area contributed by atoms with Crippen molar-refractivity contribution < 1.29 is 23.8 Å². The first-order chi connectivity index (χ1) is 27.7. The van der Waals surface area contributed by atoms with E-state index in [1.165, 1.54) is 88.2 Å². The summed E-state index contributed by atoms with van der Waals surface area (Å²) in [5.41, 5.74) is 3.60. The number of likely N-dealkylation sites (tertiary alicyclic amines) is 1. The van der Waals surface area contributed by atoms with Gasteiger partial charge in [-0.1, -0.05) is 72.2 Å². The predicted molar refractivity (Wildman–Crippen MR) is 237 cm³/mol. The number of hydrogen-bond donors (Lipinski definition) is 0. The quantitative estimate of drug-likeness (QED) is 0.236. The molecule has 1 heterocycles. The van der Waals surface area contributed by atoms with Crippen LogP contribution in [0.5, 0.6) is 11.5 Å². The molecule has 3 unspecified atom stereocenters. The number of piperidine rings is 1. The lowest BCUT2D eigenvalue weighted by Crippen LogP contribution is -2.44. The summed E-state index contributed by atoms with van der Waals surface area (Å²) in [5, 5.41) is 0. The maximum atomic E-state index is 12.1. The Balaban J connectivity index is 0.000000208. The minimum absolute atomic E-state index is 0.00762. The largest absolute Gasteiger partial charge is 0.490 e. The molecule has 2 aromatic rings. The number of ether oxygens (including phenoxy) is 3. The third-order valence-electron chi connectivity index (χ3n) is 14.9. The first-order valence-electron chi connectivity index (χ1n) is 23.7. The zero-order chi connectivity index (χ0) is 41.3. The van der Waals surface area contributed by atoms with Gasteiger partial charge in [-0.25, -0.2) is 0 Å². The maximum absolute atomic E-state index is 12.1. The molecule has 6 heteroatoms. The van der Waals surface area contributed by atoms with Crippen molar-refractivity contribution in [2.24, 2.45) is 28.6 Å². The summed E-state index contributed by atoms with van der Waals surface area (Å²) in [6.45, 7) is 18.6. The summed E-state index contributed by atoms with van der Waals surface area (Å²) in [6.07, 6.45) is 21.2. The SMILES string of the molecule is CC(C)(C)C1CCC(Oc2ccc(C3CCCC(=O)C3)cc2)CC1.CCOC(=O)C1CCN(C2CCCC(c3ccc(OC4CCC(C(C)(C)C)CC4)cc3)C2)CC1. The molecule has 5 fully saturated rings. The number of nitrogens with zero attached hydrogens (tertiary/aromatic N) is 1. The van der Waals surface area contributed by atoms with Crippen LogP contribution < -0.4 is 9.47 Å². The van der Waals surface area contributed by atoms with E-state index in [9.17, 15) is 9.59 Å². The third-order valence-corrected chi connectivity index (χ3v) is 14.9. The van der Waals surface area contributed by atoms with Crippen LogP contribution in [0.2, 0.25) is 0 Å². The Morgan fingerprint density at radius 2 is 1.10 bits per heavy atom. The molecule has 0 spiro atoms. The van der Waals surface area contributed by atoms with Crippen LogP contribution in [0.4, 0.5) is 0 Å². The lowest BCUT2D eigenvalue weighted by molar-refractivity contribution is -0.149. The van der Waals surface area contributed by atoms with Gasteiger partial charge in [0.2, 0.25) is 0 Å². The van der Waals surface area contributed by atoms with Crippen molar-refractivity contribution in [1.29, 1.82) is 0 Å². The van der Waals surface area contributed by atoms with Gasteiger partial charge in [-0.2, -0.15) is 0 Å². The highest BCUT2D eigenvalue weighted by Crippen LogP contribution is 2.41. The van der Waals surface area contributed by atoms with E-state index in [-0.39, 0.29) is 11.9 Å². The Morgan fingerprint density at radius 1 is 0.621 bits per heavy atom. The standard InChI is InChI=1S/C30H47NO3.C22H32O2/c1-5-33-29(32)23-17-19-31(20-18-23)26-8-6-7-24(21-26)22-9-13-27(14-10-22)34-28-15-11-25(12-16-28)30(2,3)4;1-22(2,3)18-9-13-21(14-10-18)24-20-11-7-16(8-12-20)17-5-4-6-19(23)15-17/h9-10,13-14,23-26,28H,5-8,11-12,15-21H2,1-4H3;7-8,11-12,17-18,21H,4-6,9-10,13-15H2,1-3H3. The lowest BCUT2D eigenvalue weighted by Gasteiger charge is -2.41. The fraction of sp³-hybridized carbons (Fsp3) is 0.731. The van der Waals surface area contributed by atoms with Gasteiger partial charge in [0, 0.05) is 18.9 Å². The van der Waals surface area contributed by atoms with Gasteiger partial charge in [-0.3, -0.25) is 9.59 Å². The minimum atomic E-state index is 0.00762. The molecular formula is C52H79NO5. The second-order valence-corrected chi connectivity index (χ2v) is 21.0. The number of Topliss-reactive ketones (excluding diaryl/α,β-unsaturated/α-hetero) is 1. The summed E-state index contributed by atoms with van der Waals surface area (Å²) in [6, 6.07) is 18.2. The second-order valence-electron chi connectivity index (χ2n) is 21.0. The van der Waals surface area contributed by atoms with Gasteiger partial charge < -0.3 is 19.1 Å². The second kappa shape index (κ2) is 20.6. The van der Waals surface area contributed by atoms with Gasteiger partial charge in [-0.15, -0.1) is 0 Å². The van der Waals surface area contributed by atoms with E-state index < -0.39 is 0 Å². The molecule has 5 aliphatic rings. The number of hydrogen-bond acceptors (Lipinski definition) is 6. The van der Waals surface area contributed by atoms with Crippen LogP contribution in [0, 0.1) is 28.6 Å². The van der Waals surface area contributed by atoms with Crippen LogP contribution in [0.3, 0.4) is 0 Å². The molecule has 58 heavy (non-hydrogen) atoms. The van der Waals surface area contributed by atoms with Gasteiger partial charge in [-0.05, 0) is 186 Å². The number of rotatable bonds is 9. The first kappa shape index (κ1) is 44.7. The molecule has 1 aliphatic heterocycles. The normalized spacial score (nSPS) is 29.2. The van der Waals surface area contributed by atoms with Crippen molar-refractivity contribution in [2.45, 2.75) is 194 Å². The van der Waals surface area contributed by atoms with Crippen LogP contribution in [0.15, 0.2) is 48.5 Å². The summed E-state index contributed by atoms with van der Waals surface area (Å²) in [7, 11) is 0. The fourth-order valence-corrected chi connectivity index (χ4v) is 11.0. The molecular weight excluding hydrogens is 719 g/mol. The Hall–Kier alpha value is -2.86. The van der Waals surface area contributed by atoms with Crippen molar-refractivity contribution in [3.8, 4) is 11.5 Å². The first-order valence-corrected chi connectivity index (χ1v) is 23.7. The Bertz CT molecular complexity index is 1550. The van der Waals surface area contributed by atoms with Crippen molar-refractivity contribution in [3.05, 3.63) is 59.7 Å². The maximum Gasteiger partial charge on any atom is 0.309 e. The van der Waals surface area contributed by atoms with Gasteiger partial charge in [0.15, 0.2) is 0 Å². The number of benzene rings is 2. The fourth-order valence-electron chi connectivity index (χ4n) is 11.0. The monoisotopic (exact) mass is 798 g/mol. The molecule has 4 aliphatic carbocycles. The number of carbonyl (C=O) groups excluding carboxylic acids is 2. The molecule has 0 bridgehead atoms. The molecule has 1 saturated heterocycles. The number of ketones is 1.